The monoisotopic (exact) mass is 453 g/mol. The number of ether oxygens (including phenoxy) is 1. The summed E-state index contributed by atoms with van der Waals surface area (Å²) in [6.07, 6.45) is 5.10. The van der Waals surface area contributed by atoms with Crippen molar-refractivity contribution in [2.75, 3.05) is 0 Å². The van der Waals surface area contributed by atoms with E-state index in [1.54, 1.807) is 11.1 Å². The van der Waals surface area contributed by atoms with Crippen LogP contribution in [0.1, 0.15) is 83.1 Å². The molecule has 2 nitrogen and oxygen atoms in total. The Morgan fingerprint density at radius 2 is 1.72 bits per heavy atom. The van der Waals surface area contributed by atoms with Gasteiger partial charge in [0.1, 0.15) is 0 Å². The maximum atomic E-state index is 10.1. The molecule has 2 aliphatic rings. The van der Waals surface area contributed by atoms with Crippen LogP contribution < -0.4 is 0 Å². The van der Waals surface area contributed by atoms with Gasteiger partial charge in [0.15, 0.2) is 5.34 Å². The van der Waals surface area contributed by atoms with E-state index in [2.05, 4.69) is 82.3 Å². The normalized spacial score (nSPS) is 30.6. The highest BCUT2D eigenvalue weighted by Crippen LogP contribution is 2.62. The van der Waals surface area contributed by atoms with Gasteiger partial charge in [-0.15, -0.1) is 0 Å². The SMILES string of the molecule is C[C@@H](O)C[C@](C)([PH3+])O[C@@H](c1ccccc1)[C@H]1CC[C@]2(C)c3ccccc3CC[C@H]2C1(C)C. The predicted octanol–water partition coefficient (Wildman–Crippen LogP) is 6.80. The summed E-state index contributed by atoms with van der Waals surface area (Å²) in [6.45, 7) is 11.5. The molecule has 174 valence electrons. The smallest absolute Gasteiger partial charge is 0.170 e. The number of hydrogen-bond donors (Lipinski definition) is 1. The Labute approximate surface area is 197 Å². The highest BCUT2D eigenvalue weighted by molar-refractivity contribution is 7.18. The molecule has 1 saturated carbocycles. The van der Waals surface area contributed by atoms with E-state index in [9.17, 15) is 5.11 Å². The second-order valence-electron chi connectivity index (χ2n) is 11.6. The number of rotatable bonds is 6. The summed E-state index contributed by atoms with van der Waals surface area (Å²) in [7, 11) is 1.88. The minimum Gasteiger partial charge on any atom is -0.393 e. The second kappa shape index (κ2) is 8.86. The molecule has 0 radical (unpaired) electrons. The Kier molecular flexibility index (Phi) is 6.63. The molecule has 4 rings (SSSR count). The van der Waals surface area contributed by atoms with E-state index in [0.29, 0.717) is 18.3 Å². The molecule has 3 heteroatoms. The molecule has 0 saturated heterocycles. The highest BCUT2D eigenvalue weighted by Gasteiger charge is 2.56. The van der Waals surface area contributed by atoms with Crippen molar-refractivity contribution in [2.45, 2.75) is 89.7 Å². The third kappa shape index (κ3) is 4.44. The summed E-state index contributed by atoms with van der Waals surface area (Å²) in [6, 6.07) is 20.0. The molecule has 0 aromatic heterocycles. The average Bonchev–Trinajstić information content (AvgIpc) is 2.72. The molecule has 7 atom stereocenters. The van der Waals surface area contributed by atoms with Crippen LogP contribution in [0.25, 0.3) is 0 Å². The summed E-state index contributed by atoms with van der Waals surface area (Å²) in [5.41, 5.74) is 4.78. The van der Waals surface area contributed by atoms with Crippen molar-refractivity contribution in [2.24, 2.45) is 17.3 Å². The minimum absolute atomic E-state index is 0.0363. The van der Waals surface area contributed by atoms with Crippen molar-refractivity contribution >= 4 is 9.24 Å². The van der Waals surface area contributed by atoms with Crippen LogP contribution in [-0.2, 0) is 16.6 Å². The van der Waals surface area contributed by atoms with Crippen LogP contribution in [0.3, 0.4) is 0 Å². The third-order valence-electron chi connectivity index (χ3n) is 8.56. The molecule has 0 spiro atoms. The van der Waals surface area contributed by atoms with Crippen LogP contribution in [0.2, 0.25) is 0 Å². The van der Waals surface area contributed by atoms with E-state index in [4.69, 9.17) is 4.74 Å². The molecular formula is C29H42O2P+. The third-order valence-corrected chi connectivity index (χ3v) is 9.02. The van der Waals surface area contributed by atoms with E-state index < -0.39 is 0 Å². The van der Waals surface area contributed by atoms with Gasteiger partial charge >= 0.3 is 0 Å². The first kappa shape index (κ1) is 23.9. The zero-order chi connectivity index (χ0) is 23.1. The van der Waals surface area contributed by atoms with Gasteiger partial charge in [0.2, 0.25) is 0 Å². The summed E-state index contributed by atoms with van der Waals surface area (Å²) >= 11 is 0. The number of hydrogen-bond acceptors (Lipinski definition) is 2. The van der Waals surface area contributed by atoms with Crippen LogP contribution in [0.15, 0.2) is 54.6 Å². The average molecular weight is 454 g/mol. The standard InChI is InChI=1S/C29H41O2P/c1-20(30)19-29(5,32)31-26(22-12-7-6-8-13-22)24-17-18-28(4)23-14-10-9-11-21(23)15-16-25(28)27(24,2)3/h6-14,20,24-26,30H,15-19,32H2,1-5H3/p+1/t20-,24-,25+,26+,28-,29+/m1/s1. The lowest BCUT2D eigenvalue weighted by molar-refractivity contribution is -0.134. The van der Waals surface area contributed by atoms with Crippen molar-refractivity contribution in [3.8, 4) is 0 Å². The molecule has 1 fully saturated rings. The Morgan fingerprint density at radius 1 is 1.06 bits per heavy atom. The molecule has 1 N–H and O–H groups in total. The predicted molar refractivity (Wildman–Crippen MR) is 138 cm³/mol. The Balaban J connectivity index is 1.71. The van der Waals surface area contributed by atoms with Gasteiger partial charge < -0.3 is 9.84 Å². The van der Waals surface area contributed by atoms with Crippen LogP contribution in [0.4, 0.5) is 0 Å². The quantitative estimate of drug-likeness (QED) is 0.488. The topological polar surface area (TPSA) is 29.5 Å². The maximum Gasteiger partial charge on any atom is 0.170 e. The van der Waals surface area contributed by atoms with Crippen molar-refractivity contribution in [3.63, 3.8) is 0 Å². The molecule has 0 aliphatic heterocycles. The number of benzene rings is 2. The van der Waals surface area contributed by atoms with E-state index in [-0.39, 0.29) is 28.4 Å². The van der Waals surface area contributed by atoms with Gasteiger partial charge in [-0.05, 0) is 78.9 Å². The number of aliphatic hydroxyl groups is 1. The van der Waals surface area contributed by atoms with Crippen molar-refractivity contribution in [1.29, 1.82) is 0 Å². The first-order chi connectivity index (χ1) is 15.0. The van der Waals surface area contributed by atoms with Gasteiger partial charge in [-0.25, -0.2) is 0 Å². The second-order valence-corrected chi connectivity index (χ2v) is 13.1. The van der Waals surface area contributed by atoms with Gasteiger partial charge in [0.25, 0.3) is 0 Å². The lowest BCUT2D eigenvalue weighted by Gasteiger charge is -2.59. The Bertz CT molecular complexity index is 920. The first-order valence-corrected chi connectivity index (χ1v) is 13.1. The van der Waals surface area contributed by atoms with E-state index in [1.807, 2.05) is 16.2 Å². The zero-order valence-electron chi connectivity index (χ0n) is 20.6. The lowest BCUT2D eigenvalue weighted by atomic mass is 9.46. The van der Waals surface area contributed by atoms with Crippen molar-refractivity contribution < 1.29 is 9.84 Å². The van der Waals surface area contributed by atoms with Gasteiger partial charge in [-0.3, -0.25) is 0 Å². The van der Waals surface area contributed by atoms with Crippen LogP contribution in [0, 0.1) is 17.3 Å². The molecule has 2 aromatic carbocycles. The molecule has 0 amide bonds. The Morgan fingerprint density at radius 3 is 2.41 bits per heavy atom. The van der Waals surface area contributed by atoms with Gasteiger partial charge in [-0.2, -0.15) is 0 Å². The summed E-state index contributed by atoms with van der Waals surface area (Å²) in [5.74, 6) is 1.06. The highest BCUT2D eigenvalue weighted by atomic mass is 31.0. The molecule has 1 unspecified atom stereocenters. The fourth-order valence-corrected chi connectivity index (χ4v) is 7.83. The Hall–Kier alpha value is -1.21. The molecule has 0 bridgehead atoms. The van der Waals surface area contributed by atoms with Crippen LogP contribution in [-0.4, -0.2) is 16.6 Å². The zero-order valence-corrected chi connectivity index (χ0v) is 22.0. The van der Waals surface area contributed by atoms with Crippen LogP contribution in [0.5, 0.6) is 0 Å². The first-order valence-electron chi connectivity index (χ1n) is 12.4. The maximum absolute atomic E-state index is 10.1. The molecule has 0 heterocycles. The number of aliphatic hydroxyl groups excluding tert-OH is 1. The van der Waals surface area contributed by atoms with Crippen molar-refractivity contribution in [3.05, 3.63) is 71.3 Å². The van der Waals surface area contributed by atoms with Gasteiger partial charge in [0, 0.05) is 15.7 Å². The van der Waals surface area contributed by atoms with Gasteiger partial charge in [0.05, 0.1) is 12.2 Å². The van der Waals surface area contributed by atoms with E-state index in [0.717, 1.165) is 6.42 Å². The minimum atomic E-state index is -0.369. The van der Waals surface area contributed by atoms with Crippen molar-refractivity contribution in [1.82, 2.24) is 0 Å². The van der Waals surface area contributed by atoms with E-state index >= 15 is 0 Å². The fourth-order valence-electron chi connectivity index (χ4n) is 7.24. The van der Waals surface area contributed by atoms with E-state index in [1.165, 1.54) is 24.8 Å². The number of fused-ring (bicyclic) bond motifs is 3. The summed E-state index contributed by atoms with van der Waals surface area (Å²) in [4.78, 5) is 0. The largest absolute Gasteiger partial charge is 0.393 e. The fraction of sp³-hybridized carbons (Fsp3) is 0.586. The molecule has 2 aromatic rings. The lowest BCUT2D eigenvalue weighted by Crippen LogP contribution is -2.53. The molecule has 2 aliphatic carbocycles. The summed E-state index contributed by atoms with van der Waals surface area (Å²) in [5, 5.41) is 9.73. The number of aryl methyl sites for hydroxylation is 1. The molecule has 32 heavy (non-hydrogen) atoms. The molecular weight excluding hydrogens is 411 g/mol. The van der Waals surface area contributed by atoms with Crippen LogP contribution >= 0.6 is 9.24 Å². The van der Waals surface area contributed by atoms with Gasteiger partial charge in [-0.1, -0.05) is 75.4 Å². The summed E-state index contributed by atoms with van der Waals surface area (Å²) < 4.78 is 6.94.